The monoisotopic (exact) mass is 276 g/mol. The Morgan fingerprint density at radius 1 is 1.30 bits per heavy atom. The molecule has 1 heterocycles. The number of Topliss-reactive ketones (excluding diaryl/α,β-unsaturated/α-hetero) is 1. The molecular formula is C14H16N2O4. The average molecular weight is 276 g/mol. The number of rotatable bonds is 4. The Labute approximate surface area is 116 Å². The molecule has 0 aliphatic carbocycles. The fourth-order valence-electron chi connectivity index (χ4n) is 2.39. The zero-order valence-electron chi connectivity index (χ0n) is 11.0. The number of nitrogens with two attached hydrogens (primary N) is 1. The molecule has 4 N–H and O–H groups in total. The van der Waals surface area contributed by atoms with Crippen molar-refractivity contribution < 1.29 is 19.8 Å². The van der Waals surface area contributed by atoms with Crippen LogP contribution in [-0.4, -0.2) is 39.9 Å². The number of hydrogen-bond acceptors (Lipinski definition) is 5. The van der Waals surface area contributed by atoms with E-state index in [0.29, 0.717) is 5.56 Å². The van der Waals surface area contributed by atoms with E-state index in [1.165, 1.54) is 24.0 Å². The standard InChI is InChI=1S/C14H16N2O4/c1-8(17)11-12(9-2-4-10(18)5-3-9)16(7-6-15)14(20)13(11)19/h2-5,12,18-19H,6-7,15H2,1H3. The maximum absolute atomic E-state index is 12.0. The molecule has 1 unspecified atom stereocenters. The van der Waals surface area contributed by atoms with E-state index in [-0.39, 0.29) is 30.2 Å². The SMILES string of the molecule is CC(=O)C1=C(O)C(=O)N(CCN)C1c1ccc(O)cc1. The number of aliphatic hydroxyl groups is 1. The number of phenols is 1. The number of ketones is 1. The lowest BCUT2D eigenvalue weighted by Crippen LogP contribution is -2.35. The second-order valence-corrected chi connectivity index (χ2v) is 4.60. The molecule has 20 heavy (non-hydrogen) atoms. The third kappa shape index (κ3) is 2.25. The van der Waals surface area contributed by atoms with Gasteiger partial charge in [-0.25, -0.2) is 0 Å². The number of carbonyl (C=O) groups is 2. The summed E-state index contributed by atoms with van der Waals surface area (Å²) in [5.41, 5.74) is 6.18. The molecule has 1 aliphatic rings. The van der Waals surface area contributed by atoms with Gasteiger partial charge in [0.05, 0.1) is 11.6 Å². The van der Waals surface area contributed by atoms with Gasteiger partial charge in [-0.2, -0.15) is 0 Å². The van der Waals surface area contributed by atoms with E-state index in [9.17, 15) is 19.8 Å². The number of aliphatic hydroxyl groups excluding tert-OH is 1. The first-order chi connectivity index (χ1) is 9.47. The summed E-state index contributed by atoms with van der Waals surface area (Å²) in [5.74, 6) is -1.41. The Bertz CT molecular complexity index is 577. The van der Waals surface area contributed by atoms with Gasteiger partial charge in [-0.05, 0) is 24.6 Å². The van der Waals surface area contributed by atoms with E-state index < -0.39 is 17.7 Å². The number of carbonyl (C=O) groups excluding carboxylic acids is 2. The van der Waals surface area contributed by atoms with E-state index in [0.717, 1.165) is 0 Å². The first kappa shape index (κ1) is 14.1. The Hall–Kier alpha value is -2.34. The van der Waals surface area contributed by atoms with Gasteiger partial charge in [0.1, 0.15) is 5.75 Å². The van der Waals surface area contributed by atoms with Gasteiger partial charge >= 0.3 is 0 Å². The zero-order chi connectivity index (χ0) is 14.9. The van der Waals surface area contributed by atoms with Crippen molar-refractivity contribution in [2.75, 3.05) is 13.1 Å². The predicted molar refractivity (Wildman–Crippen MR) is 72.0 cm³/mol. The summed E-state index contributed by atoms with van der Waals surface area (Å²) in [5, 5.41) is 19.2. The van der Waals surface area contributed by atoms with Crippen molar-refractivity contribution in [2.24, 2.45) is 5.73 Å². The molecule has 106 valence electrons. The third-order valence-corrected chi connectivity index (χ3v) is 3.26. The van der Waals surface area contributed by atoms with Crippen molar-refractivity contribution in [3.05, 3.63) is 41.2 Å². The molecule has 0 radical (unpaired) electrons. The van der Waals surface area contributed by atoms with Crippen LogP contribution < -0.4 is 5.73 Å². The Kier molecular flexibility index (Phi) is 3.76. The van der Waals surface area contributed by atoms with Gasteiger partial charge in [-0.3, -0.25) is 9.59 Å². The third-order valence-electron chi connectivity index (χ3n) is 3.26. The summed E-state index contributed by atoms with van der Waals surface area (Å²) in [6.07, 6.45) is 0. The van der Waals surface area contributed by atoms with E-state index in [4.69, 9.17) is 5.73 Å². The largest absolute Gasteiger partial charge is 0.508 e. The van der Waals surface area contributed by atoms with Crippen molar-refractivity contribution in [3.8, 4) is 5.75 Å². The predicted octanol–water partition coefficient (Wildman–Crippen LogP) is 0.635. The number of nitrogens with zero attached hydrogens (tertiary/aromatic N) is 1. The van der Waals surface area contributed by atoms with Gasteiger partial charge in [-0.15, -0.1) is 0 Å². The van der Waals surface area contributed by atoms with Crippen LogP contribution in [0.1, 0.15) is 18.5 Å². The molecule has 0 aromatic heterocycles. The minimum atomic E-state index is -0.663. The summed E-state index contributed by atoms with van der Waals surface area (Å²) in [4.78, 5) is 25.1. The smallest absolute Gasteiger partial charge is 0.290 e. The molecule has 6 nitrogen and oxygen atoms in total. The molecule has 0 spiro atoms. The second kappa shape index (κ2) is 5.34. The summed E-state index contributed by atoms with van der Waals surface area (Å²) in [6, 6.07) is 5.49. The van der Waals surface area contributed by atoms with E-state index in [1.54, 1.807) is 12.1 Å². The summed E-state index contributed by atoms with van der Waals surface area (Å²) in [7, 11) is 0. The van der Waals surface area contributed by atoms with Gasteiger partial charge in [0.2, 0.25) is 0 Å². The lowest BCUT2D eigenvalue weighted by atomic mass is 9.97. The molecule has 1 aliphatic heterocycles. The Morgan fingerprint density at radius 2 is 1.90 bits per heavy atom. The van der Waals surface area contributed by atoms with Crippen molar-refractivity contribution in [1.29, 1.82) is 0 Å². The molecule has 1 amide bonds. The minimum absolute atomic E-state index is 0.0640. The van der Waals surface area contributed by atoms with Gasteiger partial charge in [0.25, 0.3) is 5.91 Å². The molecule has 2 rings (SSSR count). The molecule has 1 aromatic rings. The number of benzene rings is 1. The second-order valence-electron chi connectivity index (χ2n) is 4.60. The minimum Gasteiger partial charge on any atom is -0.508 e. The quantitative estimate of drug-likeness (QED) is 0.748. The average Bonchev–Trinajstić information content (AvgIpc) is 2.65. The highest BCUT2D eigenvalue weighted by Crippen LogP contribution is 2.37. The Balaban J connectivity index is 2.51. The van der Waals surface area contributed by atoms with Crippen LogP contribution in [0.4, 0.5) is 0 Å². The highest BCUT2D eigenvalue weighted by molar-refractivity contribution is 6.08. The lowest BCUT2D eigenvalue weighted by molar-refractivity contribution is -0.129. The molecule has 6 heteroatoms. The number of amides is 1. The van der Waals surface area contributed by atoms with Crippen LogP contribution in [-0.2, 0) is 9.59 Å². The molecule has 1 aromatic carbocycles. The van der Waals surface area contributed by atoms with Crippen LogP contribution in [0, 0.1) is 0 Å². The van der Waals surface area contributed by atoms with E-state index >= 15 is 0 Å². The zero-order valence-corrected chi connectivity index (χ0v) is 11.0. The number of aromatic hydroxyl groups is 1. The summed E-state index contributed by atoms with van der Waals surface area (Å²) in [6.45, 7) is 1.75. The first-order valence-corrected chi connectivity index (χ1v) is 6.21. The van der Waals surface area contributed by atoms with Crippen molar-refractivity contribution >= 4 is 11.7 Å². The van der Waals surface area contributed by atoms with Crippen LogP contribution >= 0.6 is 0 Å². The van der Waals surface area contributed by atoms with Crippen LogP contribution in [0.3, 0.4) is 0 Å². The fraction of sp³-hybridized carbons (Fsp3) is 0.286. The first-order valence-electron chi connectivity index (χ1n) is 6.21. The van der Waals surface area contributed by atoms with Crippen molar-refractivity contribution in [1.82, 2.24) is 4.90 Å². The van der Waals surface area contributed by atoms with Crippen LogP contribution in [0.25, 0.3) is 0 Å². The van der Waals surface area contributed by atoms with Gasteiger partial charge in [-0.1, -0.05) is 12.1 Å². The van der Waals surface area contributed by atoms with Crippen LogP contribution in [0.5, 0.6) is 5.75 Å². The molecule has 0 bridgehead atoms. The molecule has 1 atom stereocenters. The highest BCUT2D eigenvalue weighted by atomic mass is 16.3. The summed E-state index contributed by atoms with van der Waals surface area (Å²) >= 11 is 0. The maximum atomic E-state index is 12.0. The Morgan fingerprint density at radius 3 is 2.40 bits per heavy atom. The highest BCUT2D eigenvalue weighted by Gasteiger charge is 2.41. The molecule has 0 saturated carbocycles. The maximum Gasteiger partial charge on any atom is 0.290 e. The number of phenolic OH excluding ortho intramolecular Hbond substituents is 1. The van der Waals surface area contributed by atoms with E-state index in [2.05, 4.69) is 0 Å². The lowest BCUT2D eigenvalue weighted by Gasteiger charge is -2.26. The van der Waals surface area contributed by atoms with Crippen molar-refractivity contribution in [2.45, 2.75) is 13.0 Å². The molecule has 0 fully saturated rings. The van der Waals surface area contributed by atoms with Crippen LogP contribution in [0.2, 0.25) is 0 Å². The van der Waals surface area contributed by atoms with E-state index in [1.807, 2.05) is 0 Å². The number of hydrogen-bond donors (Lipinski definition) is 3. The van der Waals surface area contributed by atoms with Gasteiger partial charge in [0, 0.05) is 13.1 Å². The fourth-order valence-corrected chi connectivity index (χ4v) is 2.39. The molecule has 0 saturated heterocycles. The molecular weight excluding hydrogens is 260 g/mol. The summed E-state index contributed by atoms with van der Waals surface area (Å²) < 4.78 is 0. The van der Waals surface area contributed by atoms with Crippen molar-refractivity contribution in [3.63, 3.8) is 0 Å². The van der Waals surface area contributed by atoms with Gasteiger partial charge in [0.15, 0.2) is 11.5 Å². The van der Waals surface area contributed by atoms with Gasteiger partial charge < -0.3 is 20.8 Å². The normalized spacial score (nSPS) is 18.8. The topological polar surface area (TPSA) is 104 Å². The van der Waals surface area contributed by atoms with Crippen LogP contribution in [0.15, 0.2) is 35.6 Å².